The second-order valence-electron chi connectivity index (χ2n) is 17.8. The van der Waals surface area contributed by atoms with Crippen molar-refractivity contribution in [3.05, 3.63) is 124 Å². The first-order valence-electron chi connectivity index (χ1n) is 21.0. The molecule has 2 saturated heterocycles. The van der Waals surface area contributed by atoms with Gasteiger partial charge in [-0.2, -0.15) is 0 Å². The van der Waals surface area contributed by atoms with Gasteiger partial charge in [-0.3, -0.25) is 9.59 Å². The molecule has 11 heteroatoms. The number of benzene rings is 3. The maximum absolute atomic E-state index is 14.5. The third-order valence-corrected chi connectivity index (χ3v) is 13.3. The molecule has 5 aliphatic rings. The fourth-order valence-corrected chi connectivity index (χ4v) is 9.94. The minimum atomic E-state index is -1.40. The number of hydrogen-bond donors (Lipinski definition) is 4. The van der Waals surface area contributed by atoms with E-state index in [0.29, 0.717) is 17.4 Å². The standard InChI is InChI=1S/C48H56N2O9/c1-29(52)41(44(54)49-23-24-51)50-43(53)32-26-38(42-39(27-32)57-48(59-42,33-14-7-5-8-15-33)34-16-9-6-10-17-34)56-45(55)35-18-12-11-13-30(35)25-31-19-20-40-47(4,58-40)22-21-37-36(31)28-46(37,2)3/h5-18,25,27,29,36-42,51-52H,19-24,26,28H2,1-4H3,(H,49,54)(H,50,53)/t29-,36+,37+,38+,39+,40?,41+,42-,47+/m0/s1. The number of allylic oxidation sites excluding steroid dienone is 1. The molecule has 312 valence electrons. The van der Waals surface area contributed by atoms with Gasteiger partial charge in [-0.15, -0.1) is 0 Å². The third kappa shape index (κ3) is 8.15. The van der Waals surface area contributed by atoms with E-state index in [4.69, 9.17) is 18.9 Å². The first kappa shape index (κ1) is 41.1. The van der Waals surface area contributed by atoms with Crippen LogP contribution < -0.4 is 10.6 Å². The topological polar surface area (TPSA) is 156 Å². The van der Waals surface area contributed by atoms with Crippen molar-refractivity contribution in [3.8, 4) is 0 Å². The van der Waals surface area contributed by atoms with Gasteiger partial charge < -0.3 is 39.8 Å². The van der Waals surface area contributed by atoms with Crippen molar-refractivity contribution < 1.29 is 43.5 Å². The molecule has 3 aromatic rings. The number of epoxide rings is 1. The lowest BCUT2D eigenvalue weighted by Gasteiger charge is -2.53. The SMILES string of the molecule is C[C@H](O)[C@@H](NC(=O)C1=C[C@H]2OC(c3ccccc3)(c3ccccc3)O[C@H]2[C@H](OC(=O)c2ccccc2C=C2CCC3O[C@]3(C)CC[C@@H]3[C@@H]2CC3(C)C)C1)C(=O)NCCO. The Morgan fingerprint density at radius 1 is 0.915 bits per heavy atom. The molecular weight excluding hydrogens is 749 g/mol. The number of carbonyl (C=O) groups excluding carboxylic acids is 3. The van der Waals surface area contributed by atoms with Crippen LogP contribution in [0.2, 0.25) is 0 Å². The molecule has 2 amide bonds. The van der Waals surface area contributed by atoms with Gasteiger partial charge in [0.25, 0.3) is 0 Å². The molecule has 1 unspecified atom stereocenters. The smallest absolute Gasteiger partial charge is 0.339 e. The number of fused-ring (bicyclic) bond motifs is 3. The summed E-state index contributed by atoms with van der Waals surface area (Å²) in [6, 6.07) is 25.2. The van der Waals surface area contributed by atoms with Crippen LogP contribution in [-0.4, -0.2) is 83.3 Å². The Morgan fingerprint density at radius 2 is 1.59 bits per heavy atom. The molecule has 2 aliphatic heterocycles. The summed E-state index contributed by atoms with van der Waals surface area (Å²) in [4.78, 5) is 41.5. The lowest BCUT2D eigenvalue weighted by atomic mass is 9.52. The van der Waals surface area contributed by atoms with E-state index in [-0.39, 0.29) is 42.3 Å². The van der Waals surface area contributed by atoms with E-state index in [1.54, 1.807) is 12.1 Å². The molecule has 3 aliphatic carbocycles. The first-order chi connectivity index (χ1) is 28.3. The van der Waals surface area contributed by atoms with Gasteiger partial charge in [-0.1, -0.05) is 104 Å². The molecule has 4 N–H and O–H groups in total. The lowest BCUT2D eigenvalue weighted by molar-refractivity contribution is -0.157. The van der Waals surface area contributed by atoms with Gasteiger partial charge in [0, 0.05) is 29.7 Å². The predicted octanol–water partition coefficient (Wildman–Crippen LogP) is 5.98. The number of amides is 2. The maximum Gasteiger partial charge on any atom is 0.339 e. The average Bonchev–Trinajstić information content (AvgIpc) is 3.68. The average molecular weight is 805 g/mol. The van der Waals surface area contributed by atoms with Crippen LogP contribution in [0.15, 0.2) is 102 Å². The quantitative estimate of drug-likeness (QED) is 0.135. The fourth-order valence-electron chi connectivity index (χ4n) is 9.94. The van der Waals surface area contributed by atoms with Crippen LogP contribution in [0.4, 0.5) is 0 Å². The van der Waals surface area contributed by atoms with E-state index >= 15 is 0 Å². The van der Waals surface area contributed by atoms with Crippen molar-refractivity contribution in [2.75, 3.05) is 13.2 Å². The highest BCUT2D eigenvalue weighted by atomic mass is 16.8. The van der Waals surface area contributed by atoms with Crippen molar-refractivity contribution in [1.82, 2.24) is 10.6 Å². The number of ether oxygens (including phenoxy) is 4. The molecular formula is C48H56N2O9. The summed E-state index contributed by atoms with van der Waals surface area (Å²) in [6.45, 7) is 8.01. The molecule has 11 nitrogen and oxygen atoms in total. The van der Waals surface area contributed by atoms with Crippen LogP contribution in [-0.2, 0) is 34.3 Å². The summed E-state index contributed by atoms with van der Waals surface area (Å²) >= 11 is 0. The molecule has 0 spiro atoms. The van der Waals surface area contributed by atoms with E-state index in [0.717, 1.165) is 48.8 Å². The Hall–Kier alpha value is -4.65. The highest BCUT2D eigenvalue weighted by Gasteiger charge is 2.57. The number of carbonyl (C=O) groups is 3. The Kier molecular flexibility index (Phi) is 11.4. The molecule has 8 rings (SSSR count). The van der Waals surface area contributed by atoms with Crippen LogP contribution >= 0.6 is 0 Å². The van der Waals surface area contributed by atoms with Gasteiger partial charge in [0.15, 0.2) is 0 Å². The lowest BCUT2D eigenvalue weighted by Crippen LogP contribution is -2.54. The Labute approximate surface area is 346 Å². The minimum Gasteiger partial charge on any atom is -0.456 e. The molecule has 3 aromatic carbocycles. The van der Waals surface area contributed by atoms with Crippen LogP contribution in [0.25, 0.3) is 6.08 Å². The van der Waals surface area contributed by atoms with Crippen molar-refractivity contribution in [1.29, 1.82) is 0 Å². The molecule has 9 atom stereocenters. The van der Waals surface area contributed by atoms with Gasteiger partial charge in [-0.25, -0.2) is 4.79 Å². The normalized spacial score (nSPS) is 30.6. The number of rotatable bonds is 11. The molecule has 0 radical (unpaired) electrons. The van der Waals surface area contributed by atoms with Crippen LogP contribution in [0, 0.1) is 17.3 Å². The number of aliphatic hydroxyl groups excluding tert-OH is 2. The Morgan fingerprint density at radius 3 is 2.25 bits per heavy atom. The summed E-state index contributed by atoms with van der Waals surface area (Å²) in [6.07, 6.45) is 5.29. The second-order valence-corrected chi connectivity index (χ2v) is 17.8. The largest absolute Gasteiger partial charge is 0.456 e. The maximum atomic E-state index is 14.5. The van der Waals surface area contributed by atoms with E-state index in [2.05, 4.69) is 37.5 Å². The van der Waals surface area contributed by atoms with E-state index in [1.807, 2.05) is 78.9 Å². The highest BCUT2D eigenvalue weighted by molar-refractivity contribution is 5.98. The molecule has 0 bridgehead atoms. The number of hydrogen-bond acceptors (Lipinski definition) is 9. The van der Waals surface area contributed by atoms with Crippen molar-refractivity contribution in [2.45, 2.75) is 114 Å². The number of esters is 1. The summed E-state index contributed by atoms with van der Waals surface area (Å²) in [5, 5.41) is 24.9. The van der Waals surface area contributed by atoms with Crippen molar-refractivity contribution >= 4 is 23.9 Å². The molecule has 2 heterocycles. The summed E-state index contributed by atoms with van der Waals surface area (Å²) in [5.41, 5.74) is 4.37. The number of aliphatic hydroxyl groups is 2. The molecule has 4 fully saturated rings. The minimum absolute atomic E-state index is 0.0380. The number of nitrogens with one attached hydrogen (secondary N) is 2. The zero-order chi connectivity index (χ0) is 41.5. The van der Waals surface area contributed by atoms with Gasteiger partial charge in [0.1, 0.15) is 24.4 Å². The van der Waals surface area contributed by atoms with E-state index < -0.39 is 54.0 Å². The highest BCUT2D eigenvalue weighted by Crippen LogP contribution is 2.60. The van der Waals surface area contributed by atoms with E-state index in [9.17, 15) is 24.6 Å². The monoisotopic (exact) mass is 804 g/mol. The third-order valence-electron chi connectivity index (χ3n) is 13.3. The van der Waals surface area contributed by atoms with Crippen LogP contribution in [0.5, 0.6) is 0 Å². The summed E-state index contributed by atoms with van der Waals surface area (Å²) < 4.78 is 26.4. The fraction of sp³-hybridized carbons (Fsp3) is 0.479. The van der Waals surface area contributed by atoms with Crippen molar-refractivity contribution in [3.63, 3.8) is 0 Å². The van der Waals surface area contributed by atoms with Gasteiger partial charge in [0.2, 0.25) is 17.6 Å². The second kappa shape index (κ2) is 16.4. The molecule has 2 saturated carbocycles. The van der Waals surface area contributed by atoms with Crippen LogP contribution in [0.3, 0.4) is 0 Å². The van der Waals surface area contributed by atoms with Gasteiger partial charge >= 0.3 is 5.97 Å². The summed E-state index contributed by atoms with van der Waals surface area (Å²) in [5.74, 6) is -2.26. The zero-order valence-corrected chi connectivity index (χ0v) is 34.3. The molecule has 0 aromatic heterocycles. The molecule has 59 heavy (non-hydrogen) atoms. The zero-order valence-electron chi connectivity index (χ0n) is 34.3. The predicted molar refractivity (Wildman–Crippen MR) is 221 cm³/mol. The van der Waals surface area contributed by atoms with Crippen LogP contribution in [0.1, 0.15) is 93.3 Å². The van der Waals surface area contributed by atoms with E-state index in [1.165, 1.54) is 12.5 Å². The van der Waals surface area contributed by atoms with Gasteiger partial charge in [0.05, 0.1) is 30.0 Å². The van der Waals surface area contributed by atoms with Gasteiger partial charge in [-0.05, 0) is 80.9 Å². The Balaban J connectivity index is 1.12. The first-order valence-corrected chi connectivity index (χ1v) is 21.0. The summed E-state index contributed by atoms with van der Waals surface area (Å²) in [7, 11) is 0. The Bertz CT molecular complexity index is 2060. The van der Waals surface area contributed by atoms with Crippen molar-refractivity contribution in [2.24, 2.45) is 17.3 Å².